The zero-order chi connectivity index (χ0) is 38.1. The first-order valence-electron chi connectivity index (χ1n) is 17.8. The molecule has 0 radical (unpaired) electrons. The van der Waals surface area contributed by atoms with Crippen molar-refractivity contribution >= 4 is 23.9 Å². The predicted molar refractivity (Wildman–Crippen MR) is 199 cm³/mol. The number of pyridine rings is 1. The quantitative estimate of drug-likeness (QED) is 0.153. The number of nitrogens with one attached hydrogen (secondary N) is 3. The Morgan fingerprint density at radius 3 is 1.90 bits per heavy atom. The van der Waals surface area contributed by atoms with Crippen molar-refractivity contribution in [1.82, 2.24) is 30.7 Å². The van der Waals surface area contributed by atoms with E-state index in [-0.39, 0.29) is 24.8 Å². The van der Waals surface area contributed by atoms with Crippen LogP contribution in [0.3, 0.4) is 0 Å². The van der Waals surface area contributed by atoms with Crippen LogP contribution in [-0.4, -0.2) is 92.3 Å². The molecule has 280 valence electrons. The van der Waals surface area contributed by atoms with Crippen molar-refractivity contribution < 1.29 is 29.4 Å². The number of nitrogens with zero attached hydrogens (tertiary/aromatic N) is 3. The second-order valence-corrected chi connectivity index (χ2v) is 15.8. The molecule has 0 bridgehead atoms. The van der Waals surface area contributed by atoms with Crippen molar-refractivity contribution in [2.45, 2.75) is 97.6 Å². The number of hydrogen-bond donors (Lipinski definition) is 5. The molecule has 5 N–H and O–H groups in total. The molecule has 4 rings (SSSR count). The minimum absolute atomic E-state index is 0.0723. The lowest BCUT2D eigenvalue weighted by Gasteiger charge is -2.38. The van der Waals surface area contributed by atoms with E-state index in [1.54, 1.807) is 43.0 Å². The first-order valence-corrected chi connectivity index (χ1v) is 17.8. The number of urea groups is 1. The molecule has 2 aromatic carbocycles. The van der Waals surface area contributed by atoms with Crippen LogP contribution < -0.4 is 16.0 Å². The maximum absolute atomic E-state index is 14.4. The zero-order valence-corrected chi connectivity index (χ0v) is 31.1. The average Bonchev–Trinajstić information content (AvgIpc) is 3.41. The Morgan fingerprint density at radius 1 is 0.769 bits per heavy atom. The Bertz CT molecular complexity index is 1630. The van der Waals surface area contributed by atoms with Gasteiger partial charge in [-0.25, -0.2) is 9.59 Å². The summed E-state index contributed by atoms with van der Waals surface area (Å²) < 4.78 is 0. The first kappa shape index (κ1) is 39.8. The number of amides is 5. The Morgan fingerprint density at radius 2 is 1.37 bits per heavy atom. The van der Waals surface area contributed by atoms with Crippen molar-refractivity contribution in [3.8, 4) is 0 Å². The fourth-order valence-corrected chi connectivity index (χ4v) is 6.75. The summed E-state index contributed by atoms with van der Waals surface area (Å²) in [7, 11) is 0. The second kappa shape index (κ2) is 17.5. The van der Waals surface area contributed by atoms with Gasteiger partial charge in [0.25, 0.3) is 0 Å². The highest BCUT2D eigenvalue weighted by Gasteiger charge is 2.44. The molecule has 2 heterocycles. The van der Waals surface area contributed by atoms with Crippen molar-refractivity contribution in [2.24, 2.45) is 10.8 Å². The van der Waals surface area contributed by atoms with Gasteiger partial charge in [-0.1, -0.05) is 108 Å². The van der Waals surface area contributed by atoms with Crippen LogP contribution in [0.4, 0.5) is 9.59 Å². The number of aliphatic hydroxyl groups excluding tert-OH is 1. The van der Waals surface area contributed by atoms with Crippen LogP contribution in [0.5, 0.6) is 0 Å². The van der Waals surface area contributed by atoms with E-state index in [9.17, 15) is 29.4 Å². The summed E-state index contributed by atoms with van der Waals surface area (Å²) in [5, 5.41) is 29.8. The third kappa shape index (κ3) is 11.3. The molecule has 1 saturated heterocycles. The third-order valence-corrected chi connectivity index (χ3v) is 9.29. The highest BCUT2D eigenvalue weighted by molar-refractivity contribution is 5.89. The molecule has 1 aliphatic heterocycles. The normalized spacial score (nSPS) is 16.4. The monoisotopic (exact) mass is 714 g/mol. The van der Waals surface area contributed by atoms with Gasteiger partial charge in [0.2, 0.25) is 11.8 Å². The molecule has 12 heteroatoms. The molecule has 0 saturated carbocycles. The highest BCUT2D eigenvalue weighted by Crippen LogP contribution is 2.29. The SMILES string of the molecule is CC(C)(C)[C@H](NC(=O)O)C(=O)N[C@@H](Cc1ccccc1)[C@H](O)C[C@H](Cc1ccccc1)NC(=O)[C@@H](N1CCN(Cc2cccnc2)C1=O)C(C)(C)C. The molecule has 0 aliphatic carbocycles. The van der Waals surface area contributed by atoms with E-state index >= 15 is 0 Å². The topological polar surface area (TPSA) is 164 Å². The number of benzene rings is 2. The van der Waals surface area contributed by atoms with E-state index < -0.39 is 53.1 Å². The van der Waals surface area contributed by atoms with E-state index in [1.807, 2.05) is 93.6 Å². The molecule has 5 atom stereocenters. The Hall–Kier alpha value is -4.97. The maximum Gasteiger partial charge on any atom is 0.405 e. The molecule has 5 amide bonds. The van der Waals surface area contributed by atoms with Crippen molar-refractivity contribution in [3.63, 3.8) is 0 Å². The molecule has 0 spiro atoms. The summed E-state index contributed by atoms with van der Waals surface area (Å²) in [6, 6.07) is 19.2. The van der Waals surface area contributed by atoms with E-state index in [0.29, 0.717) is 26.1 Å². The van der Waals surface area contributed by atoms with Gasteiger partial charge in [0.15, 0.2) is 0 Å². The maximum atomic E-state index is 14.4. The zero-order valence-electron chi connectivity index (χ0n) is 31.1. The van der Waals surface area contributed by atoms with Crippen LogP contribution in [0.15, 0.2) is 85.2 Å². The third-order valence-electron chi connectivity index (χ3n) is 9.29. The predicted octanol–water partition coefficient (Wildman–Crippen LogP) is 4.62. The molecular formula is C40H54N6O6. The minimum Gasteiger partial charge on any atom is -0.465 e. The van der Waals surface area contributed by atoms with Crippen LogP contribution >= 0.6 is 0 Å². The van der Waals surface area contributed by atoms with Crippen LogP contribution in [-0.2, 0) is 29.0 Å². The highest BCUT2D eigenvalue weighted by atomic mass is 16.4. The van der Waals surface area contributed by atoms with Gasteiger partial charge in [-0.2, -0.15) is 0 Å². The average molecular weight is 715 g/mol. The number of hydrogen-bond acceptors (Lipinski definition) is 6. The van der Waals surface area contributed by atoms with Crippen LogP contribution in [0.1, 0.15) is 64.7 Å². The molecule has 0 unspecified atom stereocenters. The molecular weight excluding hydrogens is 660 g/mol. The molecule has 1 aromatic heterocycles. The number of rotatable bonds is 15. The standard InChI is InChI=1S/C40H54N6O6/c1-39(2,3)33(44-37(50)51)35(48)43-31(23-28-16-11-8-12-17-28)32(47)24-30(22-27-14-9-7-10-15-27)42-36(49)34(40(4,5)6)46-21-20-45(38(46)52)26-29-18-13-19-41-25-29/h7-19,25,30-34,44,47H,20-24,26H2,1-6H3,(H,42,49)(H,43,48)(H,50,51)/t30-,31-,32+,33+,34+/m0/s1. The van der Waals surface area contributed by atoms with Crippen LogP contribution in [0.2, 0.25) is 0 Å². The molecule has 3 aromatic rings. The van der Waals surface area contributed by atoms with Gasteiger partial charge in [0, 0.05) is 38.1 Å². The summed E-state index contributed by atoms with van der Waals surface area (Å²) in [5.41, 5.74) is 1.33. The van der Waals surface area contributed by atoms with Crippen molar-refractivity contribution in [2.75, 3.05) is 13.1 Å². The van der Waals surface area contributed by atoms with Gasteiger partial charge in [-0.05, 0) is 52.8 Å². The molecule has 1 aliphatic rings. The van der Waals surface area contributed by atoms with Crippen LogP contribution in [0.25, 0.3) is 0 Å². The van der Waals surface area contributed by atoms with Gasteiger partial charge in [-0.3, -0.25) is 14.6 Å². The van der Waals surface area contributed by atoms with Crippen molar-refractivity contribution in [3.05, 3.63) is 102 Å². The minimum atomic E-state index is -1.33. The van der Waals surface area contributed by atoms with Gasteiger partial charge in [0.1, 0.15) is 12.1 Å². The second-order valence-electron chi connectivity index (χ2n) is 15.8. The van der Waals surface area contributed by atoms with E-state index in [2.05, 4.69) is 20.9 Å². The van der Waals surface area contributed by atoms with Gasteiger partial charge < -0.3 is 36.0 Å². The Labute approximate surface area is 307 Å². The number of carbonyl (C=O) groups excluding carboxylic acids is 3. The van der Waals surface area contributed by atoms with E-state index in [1.165, 1.54) is 0 Å². The smallest absolute Gasteiger partial charge is 0.405 e. The van der Waals surface area contributed by atoms with Crippen molar-refractivity contribution in [1.29, 1.82) is 0 Å². The molecule has 1 fully saturated rings. The summed E-state index contributed by atoms with van der Waals surface area (Å²) in [6.07, 6.45) is 1.67. The lowest BCUT2D eigenvalue weighted by Crippen LogP contribution is -2.59. The van der Waals surface area contributed by atoms with Gasteiger partial charge >= 0.3 is 12.1 Å². The van der Waals surface area contributed by atoms with Crippen LogP contribution in [0, 0.1) is 10.8 Å². The summed E-state index contributed by atoms with van der Waals surface area (Å²) >= 11 is 0. The van der Waals surface area contributed by atoms with Gasteiger partial charge in [0.05, 0.1) is 12.1 Å². The summed E-state index contributed by atoms with van der Waals surface area (Å²) in [5.74, 6) is -0.894. The summed E-state index contributed by atoms with van der Waals surface area (Å²) in [6.45, 7) is 12.3. The fraction of sp³-hybridized carbons (Fsp3) is 0.475. The van der Waals surface area contributed by atoms with E-state index in [0.717, 1.165) is 16.7 Å². The number of aliphatic hydroxyl groups is 1. The number of aromatic nitrogens is 1. The number of carboxylic acid groups (broad SMARTS) is 1. The van der Waals surface area contributed by atoms with E-state index in [4.69, 9.17) is 0 Å². The Balaban J connectivity index is 1.59. The largest absolute Gasteiger partial charge is 0.465 e. The fourth-order valence-electron chi connectivity index (χ4n) is 6.75. The first-order chi connectivity index (χ1) is 24.5. The molecule has 12 nitrogen and oxygen atoms in total. The lowest BCUT2D eigenvalue weighted by molar-refractivity contribution is -0.130. The summed E-state index contributed by atoms with van der Waals surface area (Å²) in [4.78, 5) is 60.9. The lowest BCUT2D eigenvalue weighted by atomic mass is 9.84. The van der Waals surface area contributed by atoms with Gasteiger partial charge in [-0.15, -0.1) is 0 Å². The molecule has 52 heavy (non-hydrogen) atoms. The number of carbonyl (C=O) groups is 4. The Kier molecular flexibility index (Phi) is 13.4.